The average Bonchev–Trinajstić information content (AvgIpc) is 2.75. The van der Waals surface area contributed by atoms with Crippen molar-refractivity contribution < 1.29 is 9.59 Å². The van der Waals surface area contributed by atoms with Gasteiger partial charge >= 0.3 is 0 Å². The smallest absolute Gasteiger partial charge is 0.242 e. The van der Waals surface area contributed by atoms with Crippen LogP contribution in [0.2, 0.25) is 10.0 Å². The maximum Gasteiger partial charge on any atom is 0.242 e. The predicted octanol–water partition coefficient (Wildman–Crippen LogP) is 5.56. The van der Waals surface area contributed by atoms with E-state index >= 15 is 0 Å². The molecule has 2 rings (SSSR count). The number of hydrogen-bond donors (Lipinski definition) is 1. The fourth-order valence-electron chi connectivity index (χ4n) is 2.88. The van der Waals surface area contributed by atoms with E-state index in [-0.39, 0.29) is 11.8 Å². The quantitative estimate of drug-likeness (QED) is 0.440. The van der Waals surface area contributed by atoms with Crippen LogP contribution in [0, 0.1) is 0 Å². The van der Waals surface area contributed by atoms with Crippen LogP contribution in [0.1, 0.15) is 37.8 Å². The van der Waals surface area contributed by atoms with Gasteiger partial charge in [0.1, 0.15) is 6.04 Å². The molecule has 4 nitrogen and oxygen atoms in total. The molecule has 2 aromatic carbocycles. The number of hydrogen-bond acceptors (Lipinski definition) is 3. The predicted molar refractivity (Wildman–Crippen MR) is 127 cm³/mol. The van der Waals surface area contributed by atoms with Crippen molar-refractivity contribution in [2.24, 2.45) is 0 Å². The van der Waals surface area contributed by atoms with E-state index < -0.39 is 6.04 Å². The Labute approximate surface area is 193 Å². The van der Waals surface area contributed by atoms with Crippen LogP contribution in [-0.2, 0) is 21.9 Å². The summed E-state index contributed by atoms with van der Waals surface area (Å²) in [5.41, 5.74) is 2.07. The van der Waals surface area contributed by atoms with Crippen LogP contribution < -0.4 is 5.32 Å². The number of thioether (sulfide) groups is 1. The molecule has 30 heavy (non-hydrogen) atoms. The Morgan fingerprint density at radius 1 is 1.07 bits per heavy atom. The van der Waals surface area contributed by atoms with Crippen LogP contribution in [0.4, 0.5) is 0 Å². The molecule has 0 aliphatic rings. The number of nitrogens with one attached hydrogen (secondary N) is 1. The molecular formula is C23H28Cl2N2O2S. The Hall–Kier alpha value is -1.69. The number of rotatable bonds is 11. The molecule has 0 unspecified atom stereocenters. The van der Waals surface area contributed by atoms with E-state index in [4.69, 9.17) is 23.2 Å². The highest BCUT2D eigenvalue weighted by atomic mass is 35.5. The molecule has 0 bridgehead atoms. The first-order valence-corrected chi connectivity index (χ1v) is 12.0. The third-order valence-electron chi connectivity index (χ3n) is 4.63. The summed E-state index contributed by atoms with van der Waals surface area (Å²) >= 11 is 13.8. The highest BCUT2D eigenvalue weighted by molar-refractivity contribution is 7.98. The second-order valence-corrected chi connectivity index (χ2v) is 8.94. The zero-order valence-corrected chi connectivity index (χ0v) is 19.7. The third kappa shape index (κ3) is 7.86. The van der Waals surface area contributed by atoms with Crippen molar-refractivity contribution in [3.05, 3.63) is 69.7 Å². The van der Waals surface area contributed by atoms with Crippen LogP contribution in [0.5, 0.6) is 0 Å². The fourth-order valence-corrected chi connectivity index (χ4v) is 4.09. The summed E-state index contributed by atoms with van der Waals surface area (Å²) in [6.07, 6.45) is 1.21. The molecule has 1 atom stereocenters. The van der Waals surface area contributed by atoms with Gasteiger partial charge in [-0.3, -0.25) is 9.59 Å². The third-order valence-corrected chi connectivity index (χ3v) is 6.39. The lowest BCUT2D eigenvalue weighted by Crippen LogP contribution is -2.47. The normalized spacial score (nSPS) is 11.7. The van der Waals surface area contributed by atoms with Crippen molar-refractivity contribution in [2.75, 3.05) is 12.3 Å². The van der Waals surface area contributed by atoms with Crippen molar-refractivity contribution in [1.82, 2.24) is 10.2 Å². The lowest BCUT2D eigenvalue weighted by atomic mass is 10.1. The van der Waals surface area contributed by atoms with E-state index in [1.165, 1.54) is 5.56 Å². The van der Waals surface area contributed by atoms with Gasteiger partial charge in [0.2, 0.25) is 11.8 Å². The first-order chi connectivity index (χ1) is 14.4. The molecule has 0 fully saturated rings. The Morgan fingerprint density at radius 3 is 2.47 bits per heavy atom. The molecule has 0 aromatic heterocycles. The average molecular weight is 467 g/mol. The van der Waals surface area contributed by atoms with Crippen molar-refractivity contribution >= 4 is 46.8 Å². The number of nitrogens with zero attached hydrogens (tertiary/aromatic N) is 1. The van der Waals surface area contributed by atoms with E-state index in [9.17, 15) is 9.59 Å². The van der Waals surface area contributed by atoms with Gasteiger partial charge in [-0.15, -0.1) is 0 Å². The second kappa shape index (κ2) is 12.9. The topological polar surface area (TPSA) is 49.4 Å². The van der Waals surface area contributed by atoms with E-state index in [0.717, 1.165) is 17.7 Å². The highest BCUT2D eigenvalue weighted by Gasteiger charge is 2.25. The molecule has 0 aliphatic heterocycles. The monoisotopic (exact) mass is 466 g/mol. The summed E-state index contributed by atoms with van der Waals surface area (Å²) in [4.78, 5) is 27.1. The fraction of sp³-hybridized carbons (Fsp3) is 0.391. The van der Waals surface area contributed by atoms with Gasteiger partial charge in [-0.05, 0) is 36.6 Å². The largest absolute Gasteiger partial charge is 0.354 e. The summed E-state index contributed by atoms with van der Waals surface area (Å²) in [5, 5.41) is 3.77. The summed E-state index contributed by atoms with van der Waals surface area (Å²) < 4.78 is 0. The van der Waals surface area contributed by atoms with Gasteiger partial charge in [-0.25, -0.2) is 0 Å². The standard InChI is InChI=1S/C23H28Cl2N2O2S/c1-3-12-26-23(29)17(2)27(15-19-9-10-20(24)21(25)14-19)22(28)11-13-30-16-18-7-5-4-6-8-18/h4-10,14,17H,3,11-13,15-16H2,1-2H3,(H,26,29)/t17-/m0/s1. The Morgan fingerprint density at radius 2 is 1.80 bits per heavy atom. The van der Waals surface area contributed by atoms with Crippen LogP contribution >= 0.6 is 35.0 Å². The van der Waals surface area contributed by atoms with Gasteiger partial charge in [0.15, 0.2) is 0 Å². The lowest BCUT2D eigenvalue weighted by molar-refractivity contribution is -0.140. The van der Waals surface area contributed by atoms with Gasteiger partial charge in [0.05, 0.1) is 10.0 Å². The maximum atomic E-state index is 13.0. The molecule has 0 radical (unpaired) electrons. The summed E-state index contributed by atoms with van der Waals surface area (Å²) in [6.45, 7) is 4.65. The Bertz CT molecular complexity index is 833. The number of carbonyl (C=O) groups is 2. The lowest BCUT2D eigenvalue weighted by Gasteiger charge is -2.29. The van der Waals surface area contributed by atoms with E-state index in [1.54, 1.807) is 35.7 Å². The van der Waals surface area contributed by atoms with Crippen molar-refractivity contribution in [1.29, 1.82) is 0 Å². The minimum atomic E-state index is -0.572. The van der Waals surface area contributed by atoms with Crippen LogP contribution in [0.15, 0.2) is 48.5 Å². The zero-order chi connectivity index (χ0) is 21.9. The Kier molecular flexibility index (Phi) is 10.6. The summed E-state index contributed by atoms with van der Waals surface area (Å²) in [6, 6.07) is 14.9. The first-order valence-electron chi connectivity index (χ1n) is 10.0. The minimum absolute atomic E-state index is 0.0548. The first kappa shape index (κ1) is 24.6. The van der Waals surface area contributed by atoms with Crippen LogP contribution in [0.25, 0.3) is 0 Å². The van der Waals surface area contributed by atoms with Gasteiger partial charge < -0.3 is 10.2 Å². The Balaban J connectivity index is 2.01. The number of halogens is 2. The molecule has 0 saturated heterocycles. The molecule has 1 N–H and O–H groups in total. The van der Waals surface area contributed by atoms with Crippen molar-refractivity contribution in [3.8, 4) is 0 Å². The number of benzene rings is 2. The molecule has 2 amide bonds. The van der Waals surface area contributed by atoms with Crippen molar-refractivity contribution in [2.45, 2.75) is 45.0 Å². The molecule has 2 aromatic rings. The SMILES string of the molecule is CCCNC(=O)[C@H](C)N(Cc1ccc(Cl)c(Cl)c1)C(=O)CCSCc1ccccc1. The van der Waals surface area contributed by atoms with Gasteiger partial charge in [0.25, 0.3) is 0 Å². The highest BCUT2D eigenvalue weighted by Crippen LogP contribution is 2.24. The van der Waals surface area contributed by atoms with Gasteiger partial charge in [0, 0.05) is 31.0 Å². The van der Waals surface area contributed by atoms with E-state index in [0.29, 0.717) is 35.3 Å². The molecule has 7 heteroatoms. The van der Waals surface area contributed by atoms with Gasteiger partial charge in [-0.1, -0.05) is 66.5 Å². The molecule has 162 valence electrons. The van der Waals surface area contributed by atoms with Crippen molar-refractivity contribution in [3.63, 3.8) is 0 Å². The summed E-state index contributed by atoms with van der Waals surface area (Å²) in [7, 11) is 0. The summed E-state index contributed by atoms with van der Waals surface area (Å²) in [5.74, 6) is 1.34. The van der Waals surface area contributed by atoms with Crippen LogP contribution in [0.3, 0.4) is 0 Å². The maximum absolute atomic E-state index is 13.0. The molecule has 0 heterocycles. The number of amides is 2. The molecular weight excluding hydrogens is 439 g/mol. The second-order valence-electron chi connectivity index (χ2n) is 7.03. The zero-order valence-electron chi connectivity index (χ0n) is 17.4. The van der Waals surface area contributed by atoms with Crippen LogP contribution in [-0.4, -0.2) is 35.1 Å². The molecule has 0 aliphatic carbocycles. The van der Waals surface area contributed by atoms with Gasteiger partial charge in [-0.2, -0.15) is 11.8 Å². The minimum Gasteiger partial charge on any atom is -0.354 e. The van der Waals surface area contributed by atoms with E-state index in [1.807, 2.05) is 31.2 Å². The van der Waals surface area contributed by atoms with E-state index in [2.05, 4.69) is 17.4 Å². The number of carbonyl (C=O) groups excluding carboxylic acids is 2. The molecule has 0 spiro atoms. The molecule has 0 saturated carbocycles.